The minimum Gasteiger partial charge on any atom is -0.452 e. The van der Waals surface area contributed by atoms with E-state index >= 15 is 0 Å². The zero-order valence-electron chi connectivity index (χ0n) is 17.8. The Bertz CT molecular complexity index is 1020. The van der Waals surface area contributed by atoms with E-state index in [2.05, 4.69) is 24.3 Å². The van der Waals surface area contributed by atoms with Crippen LogP contribution in [0.3, 0.4) is 0 Å². The van der Waals surface area contributed by atoms with E-state index in [-0.39, 0.29) is 6.61 Å². The SMILES string of the molecule is Cc1nn(-c2ccccc2)c(C)c1NC(=O)COC(=O)c1ccc(CC(C)C)cc1. The first-order valence-electron chi connectivity index (χ1n) is 10.0. The first-order valence-corrected chi connectivity index (χ1v) is 10.0. The molecule has 0 atom stereocenters. The Balaban J connectivity index is 1.60. The lowest BCUT2D eigenvalue weighted by atomic mass is 10.0. The molecule has 0 fully saturated rings. The summed E-state index contributed by atoms with van der Waals surface area (Å²) in [6, 6.07) is 17.0. The quantitative estimate of drug-likeness (QED) is 0.588. The van der Waals surface area contributed by atoms with Crippen LogP contribution in [0.15, 0.2) is 54.6 Å². The Hall–Kier alpha value is -3.41. The van der Waals surface area contributed by atoms with Gasteiger partial charge in [0.2, 0.25) is 0 Å². The molecule has 0 saturated carbocycles. The Morgan fingerprint density at radius 1 is 1.03 bits per heavy atom. The minimum atomic E-state index is -0.519. The summed E-state index contributed by atoms with van der Waals surface area (Å²) in [6.45, 7) is 7.64. The molecule has 0 aliphatic carbocycles. The molecule has 1 amide bonds. The number of carbonyl (C=O) groups is 2. The van der Waals surface area contributed by atoms with Crippen LogP contribution in [0.5, 0.6) is 0 Å². The van der Waals surface area contributed by atoms with Crippen molar-refractivity contribution in [3.8, 4) is 5.69 Å². The monoisotopic (exact) mass is 405 g/mol. The maximum Gasteiger partial charge on any atom is 0.338 e. The lowest BCUT2D eigenvalue weighted by Gasteiger charge is -2.09. The van der Waals surface area contributed by atoms with Crippen LogP contribution < -0.4 is 5.32 Å². The van der Waals surface area contributed by atoms with Crippen molar-refractivity contribution in [3.63, 3.8) is 0 Å². The van der Waals surface area contributed by atoms with Crippen molar-refractivity contribution in [2.24, 2.45) is 5.92 Å². The van der Waals surface area contributed by atoms with Gasteiger partial charge in [0.25, 0.3) is 5.91 Å². The molecular formula is C24H27N3O3. The van der Waals surface area contributed by atoms with E-state index in [0.29, 0.717) is 22.9 Å². The lowest BCUT2D eigenvalue weighted by molar-refractivity contribution is -0.119. The van der Waals surface area contributed by atoms with Crippen LogP contribution in [-0.4, -0.2) is 28.3 Å². The van der Waals surface area contributed by atoms with Gasteiger partial charge in [0.15, 0.2) is 6.61 Å². The van der Waals surface area contributed by atoms with Crippen LogP contribution in [0.25, 0.3) is 5.69 Å². The second-order valence-electron chi connectivity index (χ2n) is 7.71. The zero-order valence-corrected chi connectivity index (χ0v) is 17.8. The molecule has 1 N–H and O–H groups in total. The number of esters is 1. The van der Waals surface area contributed by atoms with Gasteiger partial charge in [-0.2, -0.15) is 5.10 Å². The Morgan fingerprint density at radius 3 is 2.33 bits per heavy atom. The molecule has 0 bridgehead atoms. The predicted octanol–water partition coefficient (Wildman–Crippen LogP) is 4.48. The standard InChI is InChI=1S/C24H27N3O3/c1-16(2)14-19-10-12-20(13-11-19)24(29)30-15-22(28)25-23-17(3)26-27(18(23)4)21-8-6-5-7-9-21/h5-13,16H,14-15H2,1-4H3,(H,25,28). The van der Waals surface area contributed by atoms with Crippen LogP contribution in [0.4, 0.5) is 5.69 Å². The Kier molecular flexibility index (Phi) is 6.67. The van der Waals surface area contributed by atoms with Gasteiger partial charge in [0.1, 0.15) is 0 Å². The average Bonchev–Trinajstić information content (AvgIpc) is 3.01. The van der Waals surface area contributed by atoms with E-state index in [9.17, 15) is 9.59 Å². The number of amides is 1. The number of aryl methyl sites for hydroxylation is 1. The molecule has 0 aliphatic rings. The molecule has 1 aromatic heterocycles. The van der Waals surface area contributed by atoms with Crippen molar-refractivity contribution in [2.45, 2.75) is 34.1 Å². The van der Waals surface area contributed by atoms with Gasteiger partial charge < -0.3 is 10.1 Å². The van der Waals surface area contributed by atoms with Crippen molar-refractivity contribution in [3.05, 3.63) is 77.1 Å². The molecule has 0 unspecified atom stereocenters. The van der Waals surface area contributed by atoms with E-state index < -0.39 is 11.9 Å². The molecule has 1 heterocycles. The first kappa shape index (κ1) is 21.3. The fraction of sp³-hybridized carbons (Fsp3) is 0.292. The van der Waals surface area contributed by atoms with E-state index in [1.807, 2.05) is 56.3 Å². The van der Waals surface area contributed by atoms with Gasteiger partial charge in [0.05, 0.1) is 28.3 Å². The second-order valence-corrected chi connectivity index (χ2v) is 7.71. The van der Waals surface area contributed by atoms with Crippen LogP contribution in [0.1, 0.15) is 41.2 Å². The van der Waals surface area contributed by atoms with Crippen LogP contribution in [-0.2, 0) is 16.0 Å². The highest BCUT2D eigenvalue weighted by atomic mass is 16.5. The number of para-hydroxylation sites is 1. The van der Waals surface area contributed by atoms with Crippen molar-refractivity contribution in [2.75, 3.05) is 11.9 Å². The van der Waals surface area contributed by atoms with Crippen molar-refractivity contribution >= 4 is 17.6 Å². The fourth-order valence-electron chi connectivity index (χ4n) is 3.28. The van der Waals surface area contributed by atoms with Crippen molar-refractivity contribution < 1.29 is 14.3 Å². The third-order valence-electron chi connectivity index (χ3n) is 4.72. The summed E-state index contributed by atoms with van der Waals surface area (Å²) >= 11 is 0. The minimum absolute atomic E-state index is 0.359. The summed E-state index contributed by atoms with van der Waals surface area (Å²) in [4.78, 5) is 24.6. The van der Waals surface area contributed by atoms with E-state index in [0.717, 1.165) is 17.8 Å². The number of hydrogen-bond donors (Lipinski definition) is 1. The van der Waals surface area contributed by atoms with Gasteiger partial charge in [-0.1, -0.05) is 44.2 Å². The highest BCUT2D eigenvalue weighted by molar-refractivity contribution is 5.96. The smallest absolute Gasteiger partial charge is 0.338 e. The fourth-order valence-corrected chi connectivity index (χ4v) is 3.28. The van der Waals surface area contributed by atoms with Crippen LogP contribution >= 0.6 is 0 Å². The number of rotatable bonds is 7. The van der Waals surface area contributed by atoms with E-state index in [1.54, 1.807) is 16.8 Å². The molecule has 3 aromatic rings. The topological polar surface area (TPSA) is 73.2 Å². The molecule has 3 rings (SSSR count). The zero-order chi connectivity index (χ0) is 21.7. The third-order valence-corrected chi connectivity index (χ3v) is 4.72. The summed E-state index contributed by atoms with van der Waals surface area (Å²) in [6.07, 6.45) is 0.951. The molecular weight excluding hydrogens is 378 g/mol. The molecule has 0 aliphatic heterocycles. The van der Waals surface area contributed by atoms with Gasteiger partial charge in [-0.15, -0.1) is 0 Å². The number of carbonyl (C=O) groups excluding carboxylic acids is 2. The maximum atomic E-state index is 12.3. The molecule has 30 heavy (non-hydrogen) atoms. The molecule has 6 heteroatoms. The lowest BCUT2D eigenvalue weighted by Crippen LogP contribution is -2.21. The summed E-state index contributed by atoms with van der Waals surface area (Å²) in [7, 11) is 0. The number of nitrogens with zero attached hydrogens (tertiary/aromatic N) is 2. The Morgan fingerprint density at radius 2 is 1.70 bits per heavy atom. The van der Waals surface area contributed by atoms with Crippen molar-refractivity contribution in [1.29, 1.82) is 0 Å². The molecule has 0 spiro atoms. The second kappa shape index (κ2) is 9.39. The number of benzene rings is 2. The molecule has 0 radical (unpaired) electrons. The highest BCUT2D eigenvalue weighted by Gasteiger charge is 2.16. The van der Waals surface area contributed by atoms with Crippen LogP contribution in [0, 0.1) is 19.8 Å². The number of ether oxygens (including phenoxy) is 1. The van der Waals surface area contributed by atoms with Crippen molar-refractivity contribution in [1.82, 2.24) is 9.78 Å². The number of aromatic nitrogens is 2. The van der Waals surface area contributed by atoms with E-state index in [4.69, 9.17) is 4.74 Å². The van der Waals surface area contributed by atoms with Gasteiger partial charge in [-0.25, -0.2) is 9.48 Å². The molecule has 0 saturated heterocycles. The highest BCUT2D eigenvalue weighted by Crippen LogP contribution is 2.22. The van der Waals surface area contributed by atoms with Gasteiger partial charge in [0, 0.05) is 0 Å². The third kappa shape index (κ3) is 5.14. The van der Waals surface area contributed by atoms with E-state index in [1.165, 1.54) is 5.56 Å². The summed E-state index contributed by atoms with van der Waals surface area (Å²) in [5, 5.41) is 7.31. The largest absolute Gasteiger partial charge is 0.452 e. The van der Waals surface area contributed by atoms with Gasteiger partial charge in [-0.05, 0) is 56.0 Å². The Labute approximate surface area is 176 Å². The number of nitrogens with one attached hydrogen (secondary N) is 1. The molecule has 6 nitrogen and oxygen atoms in total. The van der Waals surface area contributed by atoms with Crippen LogP contribution in [0.2, 0.25) is 0 Å². The molecule has 2 aromatic carbocycles. The normalized spacial score (nSPS) is 10.8. The summed E-state index contributed by atoms with van der Waals surface area (Å²) in [5.41, 5.74) is 4.63. The predicted molar refractivity (Wildman–Crippen MR) is 117 cm³/mol. The maximum absolute atomic E-state index is 12.3. The van der Waals surface area contributed by atoms with Gasteiger partial charge in [-0.3, -0.25) is 4.79 Å². The number of hydrogen-bond acceptors (Lipinski definition) is 4. The number of anilines is 1. The molecule has 156 valence electrons. The summed E-state index contributed by atoms with van der Waals surface area (Å²) < 4.78 is 6.95. The first-order chi connectivity index (χ1) is 14.3. The average molecular weight is 405 g/mol. The summed E-state index contributed by atoms with van der Waals surface area (Å²) in [5.74, 6) is -0.377. The van der Waals surface area contributed by atoms with Gasteiger partial charge >= 0.3 is 5.97 Å².